The number of aromatic nitrogens is 2. The van der Waals surface area contributed by atoms with Gasteiger partial charge in [0.1, 0.15) is 17.2 Å². The van der Waals surface area contributed by atoms with Crippen LogP contribution in [0.15, 0.2) is 6.33 Å². The predicted molar refractivity (Wildman–Crippen MR) is 113 cm³/mol. The zero-order chi connectivity index (χ0) is 21.2. The third kappa shape index (κ3) is 3.03. The maximum Gasteiger partial charge on any atom is 0.272 e. The number of likely N-dealkylation sites (N-methyl/N-ethyl adjacent to an activating group) is 1. The van der Waals surface area contributed by atoms with Crippen molar-refractivity contribution < 1.29 is 14.4 Å². The minimum absolute atomic E-state index is 0.0199. The Morgan fingerprint density at radius 3 is 2.67 bits per heavy atom. The number of amides is 3. The van der Waals surface area contributed by atoms with Crippen molar-refractivity contribution in [1.82, 2.24) is 19.4 Å². The number of hydrogen-bond acceptors (Lipinski definition) is 5. The topological polar surface area (TPSA) is 78.8 Å². The Balaban J connectivity index is 1.51. The van der Waals surface area contributed by atoms with E-state index in [2.05, 4.69) is 4.98 Å². The Labute approximate surface area is 179 Å². The van der Waals surface area contributed by atoms with Gasteiger partial charge in [0.25, 0.3) is 11.8 Å². The maximum absolute atomic E-state index is 13.1. The highest BCUT2D eigenvalue weighted by atomic mass is 32.1. The first-order valence-electron chi connectivity index (χ1n) is 10.3. The van der Waals surface area contributed by atoms with E-state index >= 15 is 0 Å². The largest absolute Gasteiger partial charge is 0.332 e. The molecule has 2 aromatic rings. The quantitative estimate of drug-likeness (QED) is 0.749. The van der Waals surface area contributed by atoms with Gasteiger partial charge in [-0.3, -0.25) is 14.4 Å². The number of rotatable bonds is 3. The summed E-state index contributed by atoms with van der Waals surface area (Å²) < 4.78 is 1.76. The van der Waals surface area contributed by atoms with Gasteiger partial charge >= 0.3 is 0 Å². The summed E-state index contributed by atoms with van der Waals surface area (Å²) in [6, 6.07) is 0. The molecule has 0 bridgehead atoms. The second kappa shape index (κ2) is 6.94. The van der Waals surface area contributed by atoms with Crippen molar-refractivity contribution in [3.63, 3.8) is 0 Å². The van der Waals surface area contributed by atoms with Crippen LogP contribution in [-0.4, -0.2) is 63.8 Å². The van der Waals surface area contributed by atoms with E-state index in [1.807, 2.05) is 23.8 Å². The molecule has 0 radical (unpaired) electrons. The van der Waals surface area contributed by atoms with Crippen LogP contribution in [0.1, 0.15) is 49.8 Å². The third-order valence-corrected chi connectivity index (χ3v) is 7.50. The van der Waals surface area contributed by atoms with Gasteiger partial charge in [-0.15, -0.1) is 11.3 Å². The van der Waals surface area contributed by atoms with Gasteiger partial charge in [-0.1, -0.05) is 0 Å². The molecule has 5 rings (SSSR count). The van der Waals surface area contributed by atoms with E-state index in [1.165, 1.54) is 16.2 Å². The highest BCUT2D eigenvalue weighted by Crippen LogP contribution is 2.43. The molecule has 2 aromatic heterocycles. The smallest absolute Gasteiger partial charge is 0.272 e. The summed E-state index contributed by atoms with van der Waals surface area (Å²) in [7, 11) is 3.52. The van der Waals surface area contributed by atoms with Crippen molar-refractivity contribution >= 4 is 34.1 Å². The lowest BCUT2D eigenvalue weighted by Crippen LogP contribution is -2.39. The minimum Gasteiger partial charge on any atom is -0.332 e. The molecule has 3 aliphatic rings. The van der Waals surface area contributed by atoms with Crippen LogP contribution in [0.2, 0.25) is 0 Å². The zero-order valence-corrected chi connectivity index (χ0v) is 18.3. The standard InChI is InChI=1S/C21H25N5O3S/c1-12-18(24(3)11-22-12)20(29)25-7-6-14-15(9-25)30-21-17(14)19(28)23(2)10-16(27)26(21)8-13-4-5-13/h11,13H,4-10H2,1-3H3. The highest BCUT2D eigenvalue weighted by molar-refractivity contribution is 7.17. The normalized spacial score (nSPS) is 19.1. The van der Waals surface area contributed by atoms with Gasteiger partial charge < -0.3 is 19.3 Å². The summed E-state index contributed by atoms with van der Waals surface area (Å²) in [4.78, 5) is 49.5. The number of carbonyl (C=O) groups is 3. The first-order chi connectivity index (χ1) is 14.3. The summed E-state index contributed by atoms with van der Waals surface area (Å²) in [5.41, 5.74) is 2.99. The van der Waals surface area contributed by atoms with E-state index in [0.29, 0.717) is 48.9 Å². The molecule has 0 N–H and O–H groups in total. The summed E-state index contributed by atoms with van der Waals surface area (Å²) in [6.45, 7) is 3.65. The van der Waals surface area contributed by atoms with Gasteiger partial charge in [0.2, 0.25) is 5.91 Å². The molecule has 1 aliphatic carbocycles. The maximum atomic E-state index is 13.1. The average Bonchev–Trinajstić information content (AvgIpc) is 3.39. The van der Waals surface area contributed by atoms with Crippen LogP contribution in [0.3, 0.4) is 0 Å². The van der Waals surface area contributed by atoms with Crippen molar-refractivity contribution in [1.29, 1.82) is 0 Å². The molecule has 158 valence electrons. The molecule has 0 unspecified atom stereocenters. The lowest BCUT2D eigenvalue weighted by atomic mass is 10.0. The minimum atomic E-state index is -0.0867. The second-order valence-corrected chi connectivity index (χ2v) is 9.64. The number of hydrogen-bond donors (Lipinski definition) is 0. The molecule has 0 aromatic carbocycles. The van der Waals surface area contributed by atoms with Crippen molar-refractivity contribution in [3.05, 3.63) is 33.7 Å². The first kappa shape index (κ1) is 19.3. The molecule has 2 aliphatic heterocycles. The van der Waals surface area contributed by atoms with Gasteiger partial charge in [-0.25, -0.2) is 4.98 Å². The zero-order valence-electron chi connectivity index (χ0n) is 17.5. The van der Waals surface area contributed by atoms with Crippen LogP contribution in [0, 0.1) is 12.8 Å². The van der Waals surface area contributed by atoms with Crippen LogP contribution >= 0.6 is 11.3 Å². The molecule has 1 saturated carbocycles. The van der Waals surface area contributed by atoms with Gasteiger partial charge in [-0.2, -0.15) is 0 Å². The molecule has 4 heterocycles. The average molecular weight is 428 g/mol. The highest BCUT2D eigenvalue weighted by Gasteiger charge is 2.39. The Kier molecular flexibility index (Phi) is 4.46. The van der Waals surface area contributed by atoms with E-state index in [-0.39, 0.29) is 24.3 Å². The molecule has 1 fully saturated rings. The van der Waals surface area contributed by atoms with Crippen molar-refractivity contribution in [2.24, 2.45) is 13.0 Å². The summed E-state index contributed by atoms with van der Waals surface area (Å²) in [5, 5.41) is 0.775. The number of anilines is 1. The van der Waals surface area contributed by atoms with Gasteiger partial charge in [-0.05, 0) is 37.7 Å². The van der Waals surface area contributed by atoms with Crippen LogP contribution in [0.5, 0.6) is 0 Å². The first-order valence-corrected chi connectivity index (χ1v) is 11.1. The monoisotopic (exact) mass is 427 g/mol. The van der Waals surface area contributed by atoms with Gasteiger partial charge in [0, 0.05) is 32.1 Å². The Bertz CT molecular complexity index is 1050. The van der Waals surface area contributed by atoms with Crippen LogP contribution in [-0.2, 0) is 24.8 Å². The van der Waals surface area contributed by atoms with Gasteiger partial charge in [0.05, 0.1) is 24.1 Å². The SMILES string of the molecule is Cc1ncn(C)c1C(=O)N1CCc2c(sc3c2C(=O)N(C)CC(=O)N3CC2CC2)C1. The van der Waals surface area contributed by atoms with Crippen LogP contribution in [0.4, 0.5) is 5.00 Å². The molecule has 0 spiro atoms. The van der Waals surface area contributed by atoms with E-state index < -0.39 is 0 Å². The van der Waals surface area contributed by atoms with Crippen molar-refractivity contribution in [3.8, 4) is 0 Å². The van der Waals surface area contributed by atoms with Crippen molar-refractivity contribution in [2.45, 2.75) is 32.7 Å². The molecular formula is C21H25N5O3S. The number of nitrogens with zero attached hydrogens (tertiary/aromatic N) is 5. The fourth-order valence-electron chi connectivity index (χ4n) is 4.38. The molecule has 8 nitrogen and oxygen atoms in total. The van der Waals surface area contributed by atoms with Crippen LogP contribution < -0.4 is 4.90 Å². The van der Waals surface area contributed by atoms with E-state index in [9.17, 15) is 14.4 Å². The van der Waals surface area contributed by atoms with E-state index in [4.69, 9.17) is 0 Å². The summed E-state index contributed by atoms with van der Waals surface area (Å²) >= 11 is 1.51. The molecule has 0 atom stereocenters. The number of aryl methyl sites for hydroxylation is 2. The molecule has 0 saturated heterocycles. The Morgan fingerprint density at radius 1 is 1.23 bits per heavy atom. The van der Waals surface area contributed by atoms with E-state index in [0.717, 1.165) is 28.3 Å². The number of imidazole rings is 1. The Morgan fingerprint density at radius 2 is 2.00 bits per heavy atom. The van der Waals surface area contributed by atoms with Crippen molar-refractivity contribution in [2.75, 3.05) is 31.6 Å². The van der Waals surface area contributed by atoms with Gasteiger partial charge in [0.15, 0.2) is 0 Å². The lowest BCUT2D eigenvalue weighted by Gasteiger charge is -2.28. The molecule has 9 heteroatoms. The molecular weight excluding hydrogens is 402 g/mol. The summed E-state index contributed by atoms with van der Waals surface area (Å²) in [5.74, 6) is 0.381. The molecule has 3 amide bonds. The van der Waals surface area contributed by atoms with Crippen LogP contribution in [0.25, 0.3) is 0 Å². The number of carbonyl (C=O) groups excluding carboxylic acids is 3. The predicted octanol–water partition coefficient (Wildman–Crippen LogP) is 1.82. The summed E-state index contributed by atoms with van der Waals surface area (Å²) in [6.07, 6.45) is 4.55. The molecule has 30 heavy (non-hydrogen) atoms. The lowest BCUT2D eigenvalue weighted by molar-refractivity contribution is -0.119. The number of thiophene rings is 1. The number of fused-ring (bicyclic) bond motifs is 3. The fourth-order valence-corrected chi connectivity index (χ4v) is 5.76. The fraction of sp³-hybridized carbons (Fsp3) is 0.524. The van der Waals surface area contributed by atoms with E-state index in [1.54, 1.807) is 17.9 Å². The second-order valence-electron chi connectivity index (χ2n) is 8.56. The third-order valence-electron chi connectivity index (χ3n) is 6.26. The Hall–Kier alpha value is -2.68.